The van der Waals surface area contributed by atoms with E-state index in [0.29, 0.717) is 5.56 Å². The van der Waals surface area contributed by atoms with Gasteiger partial charge in [-0.2, -0.15) is 10.5 Å². The van der Waals surface area contributed by atoms with E-state index >= 15 is 0 Å². The summed E-state index contributed by atoms with van der Waals surface area (Å²) in [5.41, 5.74) is -2.14. The molecule has 1 aromatic carbocycles. The highest BCUT2D eigenvalue weighted by Crippen LogP contribution is 2.44. The first-order valence-corrected chi connectivity index (χ1v) is 6.57. The highest BCUT2D eigenvalue weighted by atomic mass is 16.5. The van der Waals surface area contributed by atoms with Gasteiger partial charge in [-0.05, 0) is 25.8 Å². The van der Waals surface area contributed by atoms with Crippen molar-refractivity contribution in [2.75, 3.05) is 6.61 Å². The number of ether oxygens (including phenoxy) is 1. The number of nitrogens with zero attached hydrogens (tertiary/aromatic N) is 2. The lowest BCUT2D eigenvalue weighted by molar-refractivity contribution is -0.154. The van der Waals surface area contributed by atoms with E-state index in [9.17, 15) is 15.3 Å². The van der Waals surface area contributed by atoms with E-state index in [4.69, 9.17) is 4.74 Å². The van der Waals surface area contributed by atoms with Crippen LogP contribution in [0.2, 0.25) is 0 Å². The normalized spacial score (nSPS) is 16.1. The lowest BCUT2D eigenvalue weighted by Crippen LogP contribution is -2.48. The Morgan fingerprint density at radius 1 is 1.20 bits per heavy atom. The van der Waals surface area contributed by atoms with Crippen LogP contribution in [-0.2, 0) is 14.9 Å². The molecule has 0 N–H and O–H groups in total. The topological polar surface area (TPSA) is 73.9 Å². The van der Waals surface area contributed by atoms with E-state index in [2.05, 4.69) is 6.07 Å². The summed E-state index contributed by atoms with van der Waals surface area (Å²) in [5.74, 6) is -0.641. The third-order valence-corrected chi connectivity index (χ3v) is 3.77. The SMILES string of the molecule is CCOC(=O)C(C#N)(CC)C(C)(C#N)c1ccccc1. The van der Waals surface area contributed by atoms with Crippen molar-refractivity contribution in [2.24, 2.45) is 5.41 Å². The highest BCUT2D eigenvalue weighted by Gasteiger charge is 2.56. The maximum absolute atomic E-state index is 12.3. The Balaban J connectivity index is 3.49. The van der Waals surface area contributed by atoms with Crippen LogP contribution in [-0.4, -0.2) is 12.6 Å². The van der Waals surface area contributed by atoms with Crippen LogP contribution in [0.15, 0.2) is 30.3 Å². The minimum atomic E-state index is -1.51. The van der Waals surface area contributed by atoms with Gasteiger partial charge in [0.25, 0.3) is 0 Å². The van der Waals surface area contributed by atoms with Crippen LogP contribution >= 0.6 is 0 Å². The summed E-state index contributed by atoms with van der Waals surface area (Å²) < 4.78 is 5.05. The quantitative estimate of drug-likeness (QED) is 0.771. The molecule has 0 radical (unpaired) electrons. The molecule has 0 aliphatic carbocycles. The Morgan fingerprint density at radius 3 is 2.20 bits per heavy atom. The summed E-state index contributed by atoms with van der Waals surface area (Å²) in [7, 11) is 0. The van der Waals surface area contributed by atoms with Crippen molar-refractivity contribution < 1.29 is 9.53 Å². The van der Waals surface area contributed by atoms with Gasteiger partial charge in [-0.15, -0.1) is 0 Å². The molecule has 0 bridgehead atoms. The predicted octanol–water partition coefficient (Wildman–Crippen LogP) is 2.95. The van der Waals surface area contributed by atoms with Crippen molar-refractivity contribution >= 4 is 5.97 Å². The Labute approximate surface area is 119 Å². The Hall–Kier alpha value is -2.33. The Kier molecular flexibility index (Phi) is 4.88. The fourth-order valence-electron chi connectivity index (χ4n) is 2.37. The van der Waals surface area contributed by atoms with Crippen molar-refractivity contribution in [1.82, 2.24) is 0 Å². The number of carbonyl (C=O) groups is 1. The molecule has 2 atom stereocenters. The molecule has 0 spiro atoms. The molecule has 0 saturated carbocycles. The van der Waals surface area contributed by atoms with E-state index < -0.39 is 16.8 Å². The van der Waals surface area contributed by atoms with Crippen molar-refractivity contribution in [3.8, 4) is 12.1 Å². The van der Waals surface area contributed by atoms with Gasteiger partial charge in [0.2, 0.25) is 0 Å². The van der Waals surface area contributed by atoms with E-state index in [1.165, 1.54) is 0 Å². The summed E-state index contributed by atoms with van der Waals surface area (Å²) in [6.45, 7) is 5.20. The molecule has 104 valence electrons. The zero-order valence-electron chi connectivity index (χ0n) is 12.0. The minimum absolute atomic E-state index is 0.179. The first-order chi connectivity index (χ1) is 9.52. The summed E-state index contributed by atoms with van der Waals surface area (Å²) >= 11 is 0. The lowest BCUT2D eigenvalue weighted by atomic mass is 9.61. The summed E-state index contributed by atoms with van der Waals surface area (Å²) in [6.07, 6.45) is 0.210. The molecular formula is C16H18N2O2. The van der Waals surface area contributed by atoms with Crippen LogP contribution in [0.3, 0.4) is 0 Å². The highest BCUT2D eigenvalue weighted by molar-refractivity contribution is 5.83. The Morgan fingerprint density at radius 2 is 1.80 bits per heavy atom. The van der Waals surface area contributed by atoms with Crippen LogP contribution in [0.4, 0.5) is 0 Å². The van der Waals surface area contributed by atoms with Crippen LogP contribution in [0.1, 0.15) is 32.8 Å². The maximum Gasteiger partial charge on any atom is 0.328 e. The van der Waals surface area contributed by atoms with Gasteiger partial charge in [0.15, 0.2) is 5.41 Å². The minimum Gasteiger partial charge on any atom is -0.465 e. The first-order valence-electron chi connectivity index (χ1n) is 6.57. The van der Waals surface area contributed by atoms with Crippen LogP contribution in [0.5, 0.6) is 0 Å². The number of rotatable bonds is 5. The number of benzene rings is 1. The molecule has 4 nitrogen and oxygen atoms in total. The summed E-state index contributed by atoms with van der Waals surface area (Å²) in [4.78, 5) is 12.3. The van der Waals surface area contributed by atoms with E-state index in [1.54, 1.807) is 45.0 Å². The van der Waals surface area contributed by atoms with E-state index in [1.807, 2.05) is 12.1 Å². The average molecular weight is 270 g/mol. The number of esters is 1. The molecule has 1 rings (SSSR count). The molecule has 0 aromatic heterocycles. The zero-order chi connectivity index (χ0) is 15.2. The van der Waals surface area contributed by atoms with Crippen LogP contribution in [0, 0.1) is 28.1 Å². The van der Waals surface area contributed by atoms with Crippen LogP contribution in [0.25, 0.3) is 0 Å². The van der Waals surface area contributed by atoms with Gasteiger partial charge in [-0.25, -0.2) is 0 Å². The molecule has 0 aliphatic heterocycles. The van der Waals surface area contributed by atoms with Crippen molar-refractivity contribution in [2.45, 2.75) is 32.6 Å². The second-order valence-corrected chi connectivity index (χ2v) is 4.69. The van der Waals surface area contributed by atoms with Crippen molar-refractivity contribution in [1.29, 1.82) is 10.5 Å². The lowest BCUT2D eigenvalue weighted by Gasteiger charge is -2.36. The number of hydrogen-bond donors (Lipinski definition) is 0. The second kappa shape index (κ2) is 6.21. The van der Waals surface area contributed by atoms with E-state index in [-0.39, 0.29) is 13.0 Å². The molecule has 4 heteroatoms. The molecule has 2 unspecified atom stereocenters. The molecule has 0 amide bonds. The van der Waals surface area contributed by atoms with Gasteiger partial charge in [-0.3, -0.25) is 4.79 Å². The Bertz CT molecular complexity index is 556. The monoisotopic (exact) mass is 270 g/mol. The predicted molar refractivity (Wildman–Crippen MR) is 74.4 cm³/mol. The van der Waals surface area contributed by atoms with E-state index in [0.717, 1.165) is 0 Å². The number of nitriles is 2. The molecule has 0 fully saturated rings. The first kappa shape index (κ1) is 15.7. The van der Waals surface area contributed by atoms with Gasteiger partial charge in [0.1, 0.15) is 5.41 Å². The van der Waals surface area contributed by atoms with Gasteiger partial charge < -0.3 is 4.74 Å². The third-order valence-electron chi connectivity index (χ3n) is 3.77. The van der Waals surface area contributed by atoms with Crippen LogP contribution < -0.4 is 0 Å². The zero-order valence-corrected chi connectivity index (χ0v) is 12.0. The van der Waals surface area contributed by atoms with Gasteiger partial charge in [0, 0.05) is 0 Å². The molecule has 0 heterocycles. The van der Waals surface area contributed by atoms with Crippen molar-refractivity contribution in [3.05, 3.63) is 35.9 Å². The van der Waals surface area contributed by atoms with Gasteiger partial charge in [0.05, 0.1) is 18.7 Å². The fourth-order valence-corrected chi connectivity index (χ4v) is 2.37. The summed E-state index contributed by atoms with van der Waals surface area (Å²) in [5, 5.41) is 19.2. The maximum atomic E-state index is 12.3. The summed E-state index contributed by atoms with van der Waals surface area (Å²) in [6, 6.07) is 13.1. The number of hydrogen-bond acceptors (Lipinski definition) is 4. The largest absolute Gasteiger partial charge is 0.465 e. The average Bonchev–Trinajstić information content (AvgIpc) is 2.49. The third kappa shape index (κ3) is 2.26. The van der Waals surface area contributed by atoms with Crippen molar-refractivity contribution in [3.63, 3.8) is 0 Å². The second-order valence-electron chi connectivity index (χ2n) is 4.69. The van der Waals surface area contributed by atoms with Gasteiger partial charge in [-0.1, -0.05) is 37.3 Å². The molecule has 20 heavy (non-hydrogen) atoms. The fraction of sp³-hybridized carbons (Fsp3) is 0.438. The molecular weight excluding hydrogens is 252 g/mol. The molecule has 0 aliphatic rings. The van der Waals surface area contributed by atoms with Gasteiger partial charge >= 0.3 is 5.97 Å². The number of carbonyl (C=O) groups excluding carboxylic acids is 1. The standard InChI is InChI=1S/C16H18N2O2/c1-4-16(12-18,14(19)20-5-2)15(3,11-17)13-9-7-6-8-10-13/h6-10H,4-5H2,1-3H3. The molecule has 0 saturated heterocycles. The molecule has 1 aromatic rings. The smallest absolute Gasteiger partial charge is 0.328 e.